The molecule has 5 aromatic rings. The molecule has 0 amide bonds. The molecule has 2 N–H and O–H groups in total. The Morgan fingerprint density at radius 2 is 1.47 bits per heavy atom. The molecule has 0 aliphatic carbocycles. The van der Waals surface area contributed by atoms with Crippen LogP contribution in [0.2, 0.25) is 0 Å². The zero-order chi connectivity index (χ0) is 21.8. The molecule has 32 heavy (non-hydrogen) atoms. The van der Waals surface area contributed by atoms with Gasteiger partial charge in [-0.05, 0) is 61.0 Å². The molecule has 2 heterocycles. The van der Waals surface area contributed by atoms with E-state index in [0.29, 0.717) is 6.61 Å². The van der Waals surface area contributed by atoms with E-state index < -0.39 is 0 Å². The number of thiophene rings is 1. The smallest absolute Gasteiger partial charge is 0.143 e. The van der Waals surface area contributed by atoms with Crippen molar-refractivity contribution in [2.45, 2.75) is 6.92 Å². The largest absolute Gasteiger partial charge is 0.494 e. The normalized spacial score (nSPS) is 10.8. The van der Waals surface area contributed by atoms with E-state index in [1.54, 1.807) is 17.7 Å². The number of ether oxygens (including phenoxy) is 1. The van der Waals surface area contributed by atoms with Crippen LogP contribution in [-0.2, 0) is 0 Å². The average molecular weight is 439 g/mol. The number of anilines is 4. The van der Waals surface area contributed by atoms with Gasteiger partial charge in [0.05, 0.1) is 12.0 Å². The topological polar surface area (TPSA) is 59.1 Å². The molecule has 5 nitrogen and oxygen atoms in total. The lowest BCUT2D eigenvalue weighted by Gasteiger charge is -2.11. The van der Waals surface area contributed by atoms with E-state index in [0.717, 1.165) is 50.0 Å². The molecule has 0 aliphatic heterocycles. The van der Waals surface area contributed by atoms with Gasteiger partial charge in [-0.3, -0.25) is 0 Å². The van der Waals surface area contributed by atoms with Crippen LogP contribution in [0.4, 0.5) is 22.9 Å². The third-order valence-electron chi connectivity index (χ3n) is 5.06. The summed E-state index contributed by atoms with van der Waals surface area (Å²) in [7, 11) is 0. The molecule has 0 saturated heterocycles. The van der Waals surface area contributed by atoms with Crippen molar-refractivity contribution < 1.29 is 4.74 Å². The van der Waals surface area contributed by atoms with Crippen molar-refractivity contribution in [2.24, 2.45) is 0 Å². The lowest BCUT2D eigenvalue weighted by Crippen LogP contribution is -1.96. The fourth-order valence-corrected chi connectivity index (χ4v) is 4.46. The van der Waals surface area contributed by atoms with Crippen molar-refractivity contribution in [1.29, 1.82) is 0 Å². The third kappa shape index (κ3) is 4.26. The zero-order valence-corrected chi connectivity index (χ0v) is 18.4. The lowest BCUT2D eigenvalue weighted by molar-refractivity contribution is 0.340. The molecule has 0 bridgehead atoms. The summed E-state index contributed by atoms with van der Waals surface area (Å²) in [6.07, 6.45) is 1.61. The van der Waals surface area contributed by atoms with Crippen molar-refractivity contribution in [2.75, 3.05) is 17.2 Å². The molecule has 0 aliphatic rings. The fraction of sp³-hybridized carbons (Fsp3) is 0.0769. The Balaban J connectivity index is 1.41. The van der Waals surface area contributed by atoms with Gasteiger partial charge in [0.15, 0.2) is 0 Å². The summed E-state index contributed by atoms with van der Waals surface area (Å²) >= 11 is 1.62. The Morgan fingerprint density at radius 1 is 0.781 bits per heavy atom. The van der Waals surface area contributed by atoms with Crippen LogP contribution in [0.1, 0.15) is 6.92 Å². The number of para-hydroxylation sites is 1. The second-order valence-electron chi connectivity index (χ2n) is 7.20. The van der Waals surface area contributed by atoms with Crippen LogP contribution in [0.3, 0.4) is 0 Å². The molecule has 6 heteroatoms. The predicted molar refractivity (Wildman–Crippen MR) is 133 cm³/mol. The van der Waals surface area contributed by atoms with E-state index in [1.807, 2.05) is 61.5 Å². The van der Waals surface area contributed by atoms with E-state index >= 15 is 0 Å². The number of nitrogens with one attached hydrogen (secondary N) is 2. The monoisotopic (exact) mass is 438 g/mol. The first-order valence-corrected chi connectivity index (χ1v) is 11.3. The first-order valence-electron chi connectivity index (χ1n) is 10.4. The Bertz CT molecular complexity index is 1320. The van der Waals surface area contributed by atoms with Crippen molar-refractivity contribution in [3.8, 4) is 16.9 Å². The summed E-state index contributed by atoms with van der Waals surface area (Å²) in [5, 5.41) is 10.0. The maximum atomic E-state index is 5.58. The number of fused-ring (bicyclic) bond motifs is 1. The summed E-state index contributed by atoms with van der Waals surface area (Å²) in [5.41, 5.74) is 5.27. The second-order valence-corrected chi connectivity index (χ2v) is 8.06. The van der Waals surface area contributed by atoms with Crippen molar-refractivity contribution >= 4 is 44.4 Å². The lowest BCUT2D eigenvalue weighted by atomic mass is 10.1. The van der Waals surface area contributed by atoms with E-state index in [-0.39, 0.29) is 0 Å². The van der Waals surface area contributed by atoms with Crippen molar-refractivity contribution in [3.63, 3.8) is 0 Å². The minimum atomic E-state index is 0.655. The van der Waals surface area contributed by atoms with Gasteiger partial charge in [-0.1, -0.05) is 30.3 Å². The van der Waals surface area contributed by atoms with Gasteiger partial charge in [-0.15, -0.1) is 11.3 Å². The zero-order valence-electron chi connectivity index (χ0n) is 17.6. The molecule has 158 valence electrons. The van der Waals surface area contributed by atoms with Gasteiger partial charge >= 0.3 is 0 Å². The minimum absolute atomic E-state index is 0.655. The molecule has 2 aromatic heterocycles. The molecule has 0 fully saturated rings. The Morgan fingerprint density at radius 3 is 2.19 bits per heavy atom. The summed E-state index contributed by atoms with van der Waals surface area (Å²) in [4.78, 5) is 9.96. The van der Waals surface area contributed by atoms with E-state index in [2.05, 4.69) is 50.2 Å². The van der Waals surface area contributed by atoms with Crippen molar-refractivity contribution in [1.82, 2.24) is 9.97 Å². The van der Waals surface area contributed by atoms with Gasteiger partial charge in [0, 0.05) is 28.0 Å². The Labute approximate surface area is 190 Å². The number of aromatic nitrogens is 2. The van der Waals surface area contributed by atoms with Gasteiger partial charge in [-0.25, -0.2) is 9.97 Å². The molecule has 5 rings (SSSR count). The molecule has 0 atom stereocenters. The SMILES string of the molecule is CCOc1ccc(-c2csc3ncnc(Nc4ccc(Nc5ccccc5)cc4)c23)cc1. The maximum Gasteiger partial charge on any atom is 0.143 e. The second kappa shape index (κ2) is 9.08. The van der Waals surface area contributed by atoms with Crippen LogP contribution in [0.15, 0.2) is 90.6 Å². The molecule has 3 aromatic carbocycles. The molecular weight excluding hydrogens is 416 g/mol. The van der Waals surface area contributed by atoms with Crippen LogP contribution in [0.5, 0.6) is 5.75 Å². The van der Waals surface area contributed by atoms with Crippen LogP contribution in [-0.4, -0.2) is 16.6 Å². The van der Waals surface area contributed by atoms with E-state index in [9.17, 15) is 0 Å². The first-order chi connectivity index (χ1) is 15.8. The molecule has 0 spiro atoms. The van der Waals surface area contributed by atoms with Crippen LogP contribution >= 0.6 is 11.3 Å². The standard InChI is InChI=1S/C26H22N4OS/c1-2-31-22-14-8-18(9-15-22)23-16-32-26-24(23)25(27-17-28-26)30-21-12-10-20(11-13-21)29-19-6-4-3-5-7-19/h3-17,29H,2H2,1H3,(H,27,28,30). The number of nitrogens with zero attached hydrogens (tertiary/aromatic N) is 2. The third-order valence-corrected chi connectivity index (χ3v) is 5.94. The number of hydrogen-bond donors (Lipinski definition) is 2. The van der Waals surface area contributed by atoms with Crippen LogP contribution in [0.25, 0.3) is 21.3 Å². The molecular formula is C26H22N4OS. The van der Waals surface area contributed by atoms with E-state index in [4.69, 9.17) is 4.74 Å². The van der Waals surface area contributed by atoms with Gasteiger partial charge in [-0.2, -0.15) is 0 Å². The number of rotatable bonds is 7. The van der Waals surface area contributed by atoms with Crippen molar-refractivity contribution in [3.05, 3.63) is 90.6 Å². The fourth-order valence-electron chi connectivity index (χ4n) is 3.54. The van der Waals surface area contributed by atoms with Gasteiger partial charge in [0.25, 0.3) is 0 Å². The van der Waals surface area contributed by atoms with Gasteiger partial charge in [0.1, 0.15) is 22.7 Å². The molecule has 0 saturated carbocycles. The Kier molecular flexibility index (Phi) is 5.68. The molecule has 0 unspecified atom stereocenters. The van der Waals surface area contributed by atoms with E-state index in [1.165, 1.54) is 0 Å². The first kappa shape index (κ1) is 20.0. The molecule has 0 radical (unpaired) electrons. The van der Waals surface area contributed by atoms with Gasteiger partial charge in [0.2, 0.25) is 0 Å². The highest BCUT2D eigenvalue weighted by Gasteiger charge is 2.13. The van der Waals surface area contributed by atoms with Gasteiger partial charge < -0.3 is 15.4 Å². The highest BCUT2D eigenvalue weighted by molar-refractivity contribution is 7.17. The van der Waals surface area contributed by atoms with Crippen LogP contribution in [0, 0.1) is 0 Å². The summed E-state index contributed by atoms with van der Waals surface area (Å²) in [6, 6.07) is 26.5. The summed E-state index contributed by atoms with van der Waals surface area (Å²) in [6.45, 7) is 2.64. The number of benzene rings is 3. The minimum Gasteiger partial charge on any atom is -0.494 e. The number of hydrogen-bond acceptors (Lipinski definition) is 6. The highest BCUT2D eigenvalue weighted by Crippen LogP contribution is 2.38. The Hall–Kier alpha value is -3.90. The van der Waals surface area contributed by atoms with Crippen LogP contribution < -0.4 is 15.4 Å². The predicted octanol–water partition coefficient (Wildman–Crippen LogP) is 7.24. The summed E-state index contributed by atoms with van der Waals surface area (Å²) in [5.74, 6) is 1.67. The quantitative estimate of drug-likeness (QED) is 0.280. The summed E-state index contributed by atoms with van der Waals surface area (Å²) < 4.78 is 5.58. The highest BCUT2D eigenvalue weighted by atomic mass is 32.1. The average Bonchev–Trinajstić information content (AvgIpc) is 3.27. The maximum absolute atomic E-state index is 5.58.